The predicted octanol–water partition coefficient (Wildman–Crippen LogP) is -0.285. The fraction of sp³-hybridized carbons (Fsp3) is 0.500. The van der Waals surface area contributed by atoms with E-state index in [0.29, 0.717) is 0 Å². The van der Waals surface area contributed by atoms with Crippen molar-refractivity contribution in [2.75, 3.05) is 0 Å². The molecule has 4 heteroatoms. The number of ether oxygens (including phenoxy) is 1. The minimum atomic E-state index is -0.562. The number of hydrogen-bond donors (Lipinski definition) is 0. The third-order valence-corrected chi connectivity index (χ3v) is 0.287. The summed E-state index contributed by atoms with van der Waals surface area (Å²) in [5, 5.41) is 0. The first-order chi connectivity index (χ1) is 3.13. The van der Waals surface area contributed by atoms with Gasteiger partial charge in [-0.15, -0.1) is 0 Å². The van der Waals surface area contributed by atoms with Gasteiger partial charge in [0.05, 0.1) is 0 Å². The van der Waals surface area contributed by atoms with E-state index in [1.165, 1.54) is 13.8 Å². The summed E-state index contributed by atoms with van der Waals surface area (Å²) in [4.78, 5) is 19.6. The SMILES string of the molecule is CC(=O)OC(C)=O.[Ba]. The second-order valence-corrected chi connectivity index (χ2v) is 1.09. The molecule has 42 valence electrons. The Morgan fingerprint density at radius 1 is 1.12 bits per heavy atom. The zero-order chi connectivity index (χ0) is 5.86. The van der Waals surface area contributed by atoms with E-state index in [4.69, 9.17) is 0 Å². The summed E-state index contributed by atoms with van der Waals surface area (Å²) < 4.78 is 3.97. The number of rotatable bonds is 0. The summed E-state index contributed by atoms with van der Waals surface area (Å²) in [6, 6.07) is 0. The molecule has 0 unspecified atom stereocenters. The Kier molecular flexibility index (Phi) is 8.40. The Bertz CT molecular complexity index is 87.5. The third kappa shape index (κ3) is 9.86. The van der Waals surface area contributed by atoms with Crippen LogP contribution >= 0.6 is 0 Å². The van der Waals surface area contributed by atoms with Gasteiger partial charge in [-0.25, -0.2) is 0 Å². The van der Waals surface area contributed by atoms with Crippen LogP contribution in [0.4, 0.5) is 0 Å². The zero-order valence-corrected chi connectivity index (χ0v) is 9.37. The molecule has 0 saturated carbocycles. The van der Waals surface area contributed by atoms with Gasteiger partial charge in [-0.3, -0.25) is 9.59 Å². The van der Waals surface area contributed by atoms with E-state index in [9.17, 15) is 9.59 Å². The van der Waals surface area contributed by atoms with Gasteiger partial charge in [0.15, 0.2) is 0 Å². The van der Waals surface area contributed by atoms with Crippen LogP contribution in [0.25, 0.3) is 0 Å². The van der Waals surface area contributed by atoms with Gasteiger partial charge in [0.25, 0.3) is 0 Å². The minimum Gasteiger partial charge on any atom is -0.394 e. The normalized spacial score (nSPS) is 6.75. The first-order valence-corrected chi connectivity index (χ1v) is 1.82. The molecule has 2 radical (unpaired) electrons. The molecule has 0 amide bonds. The molecule has 0 aliphatic rings. The zero-order valence-electron chi connectivity index (χ0n) is 4.93. The predicted molar refractivity (Wildman–Crippen MR) is 28.2 cm³/mol. The monoisotopic (exact) mass is 240 g/mol. The van der Waals surface area contributed by atoms with Crippen molar-refractivity contribution in [3.8, 4) is 0 Å². The molecule has 0 bridgehead atoms. The second kappa shape index (κ2) is 5.84. The van der Waals surface area contributed by atoms with Crippen LogP contribution in [0, 0.1) is 0 Å². The van der Waals surface area contributed by atoms with Crippen LogP contribution in [-0.2, 0) is 14.3 Å². The van der Waals surface area contributed by atoms with E-state index in [-0.39, 0.29) is 48.9 Å². The third-order valence-electron chi connectivity index (χ3n) is 0.287. The number of hydrogen-bond acceptors (Lipinski definition) is 3. The Balaban J connectivity index is 0. The molecule has 8 heavy (non-hydrogen) atoms. The average Bonchev–Trinajstić information content (AvgIpc) is 1.27. The van der Waals surface area contributed by atoms with E-state index in [1.54, 1.807) is 0 Å². The van der Waals surface area contributed by atoms with Crippen molar-refractivity contribution in [3.63, 3.8) is 0 Å². The molecule has 0 saturated heterocycles. The summed E-state index contributed by atoms with van der Waals surface area (Å²) in [5.74, 6) is -1.12. The summed E-state index contributed by atoms with van der Waals surface area (Å²) in [7, 11) is 0. The smallest absolute Gasteiger partial charge is 0.310 e. The Labute approximate surface area is 87.8 Å². The van der Waals surface area contributed by atoms with Crippen LogP contribution in [0.3, 0.4) is 0 Å². The van der Waals surface area contributed by atoms with Crippen LogP contribution in [0.2, 0.25) is 0 Å². The van der Waals surface area contributed by atoms with E-state index in [2.05, 4.69) is 4.74 Å². The summed E-state index contributed by atoms with van der Waals surface area (Å²) in [5.41, 5.74) is 0. The molecule has 0 aromatic heterocycles. The molecule has 0 N–H and O–H groups in total. The largest absolute Gasteiger partial charge is 0.394 e. The van der Waals surface area contributed by atoms with E-state index in [1.807, 2.05) is 0 Å². The topological polar surface area (TPSA) is 43.4 Å². The first-order valence-electron chi connectivity index (χ1n) is 1.82. The number of carbonyl (C=O) groups excluding carboxylic acids is 2. The number of esters is 2. The Hall–Kier alpha value is 0.711. The average molecular weight is 239 g/mol. The van der Waals surface area contributed by atoms with Gasteiger partial charge in [0.2, 0.25) is 0 Å². The van der Waals surface area contributed by atoms with Gasteiger partial charge < -0.3 is 4.74 Å². The van der Waals surface area contributed by atoms with E-state index >= 15 is 0 Å². The first kappa shape index (κ1) is 11.5. The molecule has 0 spiro atoms. The summed E-state index contributed by atoms with van der Waals surface area (Å²) in [6.07, 6.45) is 0. The van der Waals surface area contributed by atoms with Gasteiger partial charge >= 0.3 is 11.9 Å². The van der Waals surface area contributed by atoms with Crippen molar-refractivity contribution in [3.05, 3.63) is 0 Å². The van der Waals surface area contributed by atoms with Crippen molar-refractivity contribution in [2.45, 2.75) is 13.8 Å². The van der Waals surface area contributed by atoms with Gasteiger partial charge in [0.1, 0.15) is 0 Å². The van der Waals surface area contributed by atoms with Crippen LogP contribution in [-0.4, -0.2) is 60.8 Å². The summed E-state index contributed by atoms with van der Waals surface area (Å²) >= 11 is 0. The molecule has 0 aromatic carbocycles. The molecule has 0 aromatic rings. The standard InChI is InChI=1S/C4H6O3.Ba/c1-3(5)7-4(2)6;/h1-2H3;. The van der Waals surface area contributed by atoms with Crippen LogP contribution in [0.15, 0.2) is 0 Å². The van der Waals surface area contributed by atoms with Gasteiger partial charge in [-0.05, 0) is 0 Å². The molecule has 0 atom stereocenters. The summed E-state index contributed by atoms with van der Waals surface area (Å²) in [6.45, 7) is 2.36. The number of carbonyl (C=O) groups is 2. The molecule has 0 fully saturated rings. The van der Waals surface area contributed by atoms with Crippen LogP contribution in [0.5, 0.6) is 0 Å². The van der Waals surface area contributed by atoms with Crippen molar-refractivity contribution >= 4 is 60.8 Å². The molecular weight excluding hydrogens is 233 g/mol. The minimum absolute atomic E-state index is 0. The van der Waals surface area contributed by atoms with Crippen molar-refractivity contribution in [2.24, 2.45) is 0 Å². The fourth-order valence-corrected chi connectivity index (χ4v) is 0.202. The van der Waals surface area contributed by atoms with Crippen molar-refractivity contribution < 1.29 is 14.3 Å². The van der Waals surface area contributed by atoms with E-state index in [0.717, 1.165) is 0 Å². The molecular formula is C4H6BaO3. The molecule has 0 heterocycles. The Morgan fingerprint density at radius 3 is 1.38 bits per heavy atom. The molecule has 0 rings (SSSR count). The molecule has 0 aliphatic heterocycles. The maximum atomic E-state index is 9.81. The quantitative estimate of drug-likeness (QED) is 0.332. The van der Waals surface area contributed by atoms with Gasteiger partial charge in [-0.2, -0.15) is 0 Å². The van der Waals surface area contributed by atoms with Gasteiger partial charge in [-0.1, -0.05) is 0 Å². The van der Waals surface area contributed by atoms with Crippen molar-refractivity contribution in [1.29, 1.82) is 0 Å². The van der Waals surface area contributed by atoms with Crippen LogP contribution < -0.4 is 0 Å². The maximum Gasteiger partial charge on any atom is 0.310 e. The fourth-order valence-electron chi connectivity index (χ4n) is 0.202. The maximum absolute atomic E-state index is 9.81. The molecule has 0 aliphatic carbocycles. The van der Waals surface area contributed by atoms with Crippen LogP contribution in [0.1, 0.15) is 13.8 Å². The van der Waals surface area contributed by atoms with Gasteiger partial charge in [0, 0.05) is 62.7 Å². The second-order valence-electron chi connectivity index (χ2n) is 1.09. The van der Waals surface area contributed by atoms with E-state index < -0.39 is 11.9 Å². The molecule has 3 nitrogen and oxygen atoms in total. The Morgan fingerprint density at radius 2 is 1.38 bits per heavy atom. The van der Waals surface area contributed by atoms with Crippen molar-refractivity contribution in [1.82, 2.24) is 0 Å².